The van der Waals surface area contributed by atoms with Crippen LogP contribution in [0.3, 0.4) is 0 Å². The van der Waals surface area contributed by atoms with Gasteiger partial charge in [-0.25, -0.2) is 4.79 Å². The molecule has 0 bridgehead atoms. The predicted molar refractivity (Wildman–Crippen MR) is 69.4 cm³/mol. The Labute approximate surface area is 108 Å². The Morgan fingerprint density at radius 2 is 1.83 bits per heavy atom. The van der Waals surface area contributed by atoms with E-state index in [1.165, 1.54) is 0 Å². The minimum Gasteiger partial charge on any atom is -0.480 e. The largest absolute Gasteiger partial charge is 0.480 e. The van der Waals surface area contributed by atoms with Gasteiger partial charge in [-0.3, -0.25) is 0 Å². The van der Waals surface area contributed by atoms with E-state index in [9.17, 15) is 9.90 Å². The summed E-state index contributed by atoms with van der Waals surface area (Å²) in [6.45, 7) is 10.0. The first-order valence-electron chi connectivity index (χ1n) is 6.46. The molecule has 0 saturated carbocycles. The van der Waals surface area contributed by atoms with E-state index in [1.54, 1.807) is 4.57 Å². The quantitative estimate of drug-likeness (QED) is 0.845. The molecule has 0 amide bonds. The summed E-state index contributed by atoms with van der Waals surface area (Å²) in [7, 11) is 0. The number of aryl methyl sites for hydroxylation is 1. The van der Waals surface area contributed by atoms with E-state index >= 15 is 0 Å². The first-order valence-corrected chi connectivity index (χ1v) is 6.46. The highest BCUT2D eigenvalue weighted by molar-refractivity contribution is 5.72. The van der Waals surface area contributed by atoms with E-state index in [0.717, 1.165) is 12.2 Å². The Hall–Kier alpha value is -1.39. The van der Waals surface area contributed by atoms with Crippen molar-refractivity contribution in [3.8, 4) is 0 Å². The predicted octanol–water partition coefficient (Wildman–Crippen LogP) is 2.46. The second-order valence-corrected chi connectivity index (χ2v) is 5.61. The van der Waals surface area contributed by atoms with Gasteiger partial charge in [0.2, 0.25) is 0 Å². The van der Waals surface area contributed by atoms with Crippen molar-refractivity contribution in [1.29, 1.82) is 0 Å². The van der Waals surface area contributed by atoms with Gasteiger partial charge in [-0.15, -0.1) is 10.2 Å². The lowest BCUT2D eigenvalue weighted by atomic mass is 10.0. The molecular formula is C13H23N3O2. The van der Waals surface area contributed by atoms with Crippen LogP contribution in [0.4, 0.5) is 0 Å². The summed E-state index contributed by atoms with van der Waals surface area (Å²) in [5.74, 6) is 1.39. The fraction of sp³-hybridized carbons (Fsp3) is 0.769. The number of hydrogen-bond acceptors (Lipinski definition) is 3. The van der Waals surface area contributed by atoms with Crippen molar-refractivity contribution >= 4 is 5.97 Å². The first kappa shape index (κ1) is 14.7. The topological polar surface area (TPSA) is 68.0 Å². The van der Waals surface area contributed by atoms with E-state index in [2.05, 4.69) is 24.0 Å². The van der Waals surface area contributed by atoms with Gasteiger partial charge in [0.15, 0.2) is 0 Å². The molecule has 0 saturated heterocycles. The minimum absolute atomic E-state index is 0.319. The van der Waals surface area contributed by atoms with Crippen molar-refractivity contribution in [3.63, 3.8) is 0 Å². The third kappa shape index (κ3) is 3.55. The summed E-state index contributed by atoms with van der Waals surface area (Å²) in [6.07, 6.45) is 1.35. The summed E-state index contributed by atoms with van der Waals surface area (Å²) in [4.78, 5) is 11.4. The van der Waals surface area contributed by atoms with Crippen molar-refractivity contribution in [2.24, 2.45) is 11.8 Å². The third-order valence-electron chi connectivity index (χ3n) is 2.82. The molecule has 0 radical (unpaired) electrons. The smallest absolute Gasteiger partial charge is 0.326 e. The van der Waals surface area contributed by atoms with Gasteiger partial charge >= 0.3 is 5.97 Å². The molecule has 1 atom stereocenters. The number of hydrogen-bond donors (Lipinski definition) is 1. The molecule has 102 valence electrons. The number of aromatic nitrogens is 3. The molecule has 18 heavy (non-hydrogen) atoms. The average Bonchev–Trinajstić information content (AvgIpc) is 2.55. The maximum atomic E-state index is 11.4. The van der Waals surface area contributed by atoms with Crippen LogP contribution >= 0.6 is 0 Å². The molecule has 0 spiro atoms. The monoisotopic (exact) mass is 253 g/mol. The zero-order valence-corrected chi connectivity index (χ0v) is 11.8. The highest BCUT2D eigenvalue weighted by atomic mass is 16.4. The highest BCUT2D eigenvalue weighted by Crippen LogP contribution is 2.22. The molecule has 1 rings (SSSR count). The fourth-order valence-corrected chi connectivity index (χ4v) is 2.09. The first-order chi connectivity index (χ1) is 8.32. The average molecular weight is 253 g/mol. The van der Waals surface area contributed by atoms with E-state index in [0.29, 0.717) is 24.1 Å². The standard InChI is InChI=1S/C13H23N3O2/c1-8(2)6-11(13(17)18)16-10(5)14-15-12(16)7-9(3)4/h8-9,11H,6-7H2,1-5H3,(H,17,18). The van der Waals surface area contributed by atoms with E-state index in [1.807, 2.05) is 20.8 Å². The Morgan fingerprint density at radius 1 is 1.22 bits per heavy atom. The van der Waals surface area contributed by atoms with Gasteiger partial charge in [-0.05, 0) is 25.2 Å². The molecule has 1 aromatic heterocycles. The van der Waals surface area contributed by atoms with Gasteiger partial charge in [0, 0.05) is 6.42 Å². The van der Waals surface area contributed by atoms with Crippen LogP contribution < -0.4 is 0 Å². The van der Waals surface area contributed by atoms with Crippen LogP contribution in [-0.2, 0) is 11.2 Å². The summed E-state index contributed by atoms with van der Waals surface area (Å²) >= 11 is 0. The normalized spacial score (nSPS) is 13.3. The Bertz CT molecular complexity index is 410. The zero-order chi connectivity index (χ0) is 13.9. The van der Waals surface area contributed by atoms with Gasteiger partial charge in [-0.1, -0.05) is 27.7 Å². The lowest BCUT2D eigenvalue weighted by Gasteiger charge is -2.19. The molecule has 0 aliphatic rings. The lowest BCUT2D eigenvalue weighted by molar-refractivity contribution is -0.141. The van der Waals surface area contributed by atoms with Crippen LogP contribution in [0.25, 0.3) is 0 Å². The van der Waals surface area contributed by atoms with E-state index in [4.69, 9.17) is 0 Å². The van der Waals surface area contributed by atoms with Crippen molar-refractivity contribution in [3.05, 3.63) is 11.6 Å². The Morgan fingerprint density at radius 3 is 2.28 bits per heavy atom. The molecule has 1 unspecified atom stereocenters. The lowest BCUT2D eigenvalue weighted by Crippen LogP contribution is -2.24. The maximum absolute atomic E-state index is 11.4. The third-order valence-corrected chi connectivity index (χ3v) is 2.82. The summed E-state index contributed by atoms with van der Waals surface area (Å²) in [5, 5.41) is 17.5. The molecule has 0 aromatic carbocycles. The molecular weight excluding hydrogens is 230 g/mol. The van der Waals surface area contributed by atoms with Gasteiger partial charge in [0.05, 0.1) is 0 Å². The summed E-state index contributed by atoms with van der Waals surface area (Å²) in [5.41, 5.74) is 0. The van der Waals surface area contributed by atoms with Crippen LogP contribution in [0.2, 0.25) is 0 Å². The SMILES string of the molecule is Cc1nnc(CC(C)C)n1C(CC(C)C)C(=O)O. The van der Waals surface area contributed by atoms with Crippen LogP contribution in [0.15, 0.2) is 0 Å². The number of nitrogens with zero attached hydrogens (tertiary/aromatic N) is 3. The van der Waals surface area contributed by atoms with Crippen LogP contribution in [-0.4, -0.2) is 25.8 Å². The highest BCUT2D eigenvalue weighted by Gasteiger charge is 2.26. The van der Waals surface area contributed by atoms with Crippen LogP contribution in [0.1, 0.15) is 51.8 Å². The maximum Gasteiger partial charge on any atom is 0.326 e. The van der Waals surface area contributed by atoms with Gasteiger partial charge in [0.25, 0.3) is 0 Å². The number of rotatable bonds is 6. The fourth-order valence-electron chi connectivity index (χ4n) is 2.09. The van der Waals surface area contributed by atoms with Gasteiger partial charge < -0.3 is 9.67 Å². The summed E-state index contributed by atoms with van der Waals surface area (Å²) < 4.78 is 1.78. The molecule has 5 nitrogen and oxygen atoms in total. The number of carboxylic acid groups (broad SMARTS) is 1. The minimum atomic E-state index is -0.809. The number of carboxylic acids is 1. The van der Waals surface area contributed by atoms with Crippen molar-refractivity contribution < 1.29 is 9.90 Å². The molecule has 0 aliphatic carbocycles. The second-order valence-electron chi connectivity index (χ2n) is 5.61. The molecule has 1 aromatic rings. The number of carbonyl (C=O) groups is 1. The molecule has 5 heteroatoms. The zero-order valence-electron chi connectivity index (χ0n) is 11.8. The summed E-state index contributed by atoms with van der Waals surface area (Å²) in [6, 6.07) is -0.561. The van der Waals surface area contributed by atoms with Gasteiger partial charge in [-0.2, -0.15) is 0 Å². The van der Waals surface area contributed by atoms with Crippen molar-refractivity contribution in [2.75, 3.05) is 0 Å². The van der Waals surface area contributed by atoms with E-state index < -0.39 is 12.0 Å². The van der Waals surface area contributed by atoms with Crippen LogP contribution in [0, 0.1) is 18.8 Å². The van der Waals surface area contributed by atoms with Crippen molar-refractivity contribution in [2.45, 2.75) is 53.5 Å². The van der Waals surface area contributed by atoms with Gasteiger partial charge in [0.1, 0.15) is 17.7 Å². The van der Waals surface area contributed by atoms with Crippen molar-refractivity contribution in [1.82, 2.24) is 14.8 Å². The van der Waals surface area contributed by atoms with Crippen LogP contribution in [0.5, 0.6) is 0 Å². The Kier molecular flexibility index (Phi) is 4.87. The Balaban J connectivity index is 3.10. The molecule has 0 aliphatic heterocycles. The molecule has 1 N–H and O–H groups in total. The molecule has 1 heterocycles. The van der Waals surface area contributed by atoms with E-state index in [-0.39, 0.29) is 0 Å². The second kappa shape index (κ2) is 5.98. The molecule has 0 fully saturated rings. The number of aliphatic carboxylic acids is 1.